The van der Waals surface area contributed by atoms with Crippen molar-refractivity contribution in [3.8, 4) is 0 Å². The van der Waals surface area contributed by atoms with E-state index in [0.717, 1.165) is 21.3 Å². The summed E-state index contributed by atoms with van der Waals surface area (Å²) in [4.78, 5) is 2.02. The number of aromatic nitrogens is 2. The minimum atomic E-state index is 0.579. The van der Waals surface area contributed by atoms with Gasteiger partial charge in [-0.1, -0.05) is 36.9 Å². The van der Waals surface area contributed by atoms with E-state index in [1.165, 1.54) is 12.8 Å². The molecule has 0 amide bonds. The van der Waals surface area contributed by atoms with Crippen molar-refractivity contribution in [3.05, 3.63) is 0 Å². The van der Waals surface area contributed by atoms with Crippen LogP contribution in [-0.2, 0) is 0 Å². The molecular formula is C13H24N4S2. The Hall–Kier alpha value is -0.330. The van der Waals surface area contributed by atoms with Crippen LogP contribution in [0.2, 0.25) is 0 Å². The van der Waals surface area contributed by atoms with Crippen LogP contribution >= 0.6 is 23.1 Å². The third-order valence-electron chi connectivity index (χ3n) is 3.77. The third-order valence-corrected chi connectivity index (χ3v) is 6.55. The maximum Gasteiger partial charge on any atom is 0.208 e. The SMILES string of the molecule is CNC1CC(C)CC(C)C1Sc1nnc(N(C)C)s1. The highest BCUT2D eigenvalue weighted by atomic mass is 32.2. The van der Waals surface area contributed by atoms with E-state index in [2.05, 4.69) is 36.4 Å². The van der Waals surface area contributed by atoms with Crippen LogP contribution in [0.25, 0.3) is 0 Å². The highest BCUT2D eigenvalue weighted by Gasteiger charge is 2.34. The lowest BCUT2D eigenvalue weighted by Crippen LogP contribution is -2.44. The molecular weight excluding hydrogens is 276 g/mol. The molecule has 19 heavy (non-hydrogen) atoms. The fourth-order valence-corrected chi connectivity index (χ4v) is 5.18. The van der Waals surface area contributed by atoms with Crippen LogP contribution in [0.5, 0.6) is 0 Å². The molecule has 0 saturated heterocycles. The molecule has 1 aliphatic carbocycles. The van der Waals surface area contributed by atoms with Gasteiger partial charge in [0.15, 0.2) is 4.34 Å². The molecule has 1 heterocycles. The van der Waals surface area contributed by atoms with Crippen molar-refractivity contribution in [2.75, 3.05) is 26.0 Å². The summed E-state index contributed by atoms with van der Waals surface area (Å²) < 4.78 is 1.09. The summed E-state index contributed by atoms with van der Waals surface area (Å²) in [5.41, 5.74) is 0. The molecule has 0 aliphatic heterocycles. The highest BCUT2D eigenvalue weighted by molar-refractivity contribution is 8.01. The van der Waals surface area contributed by atoms with E-state index in [1.54, 1.807) is 11.3 Å². The Kier molecular flexibility index (Phi) is 5.09. The summed E-state index contributed by atoms with van der Waals surface area (Å²) in [6.07, 6.45) is 2.58. The van der Waals surface area contributed by atoms with Gasteiger partial charge in [-0.25, -0.2) is 0 Å². The molecule has 4 nitrogen and oxygen atoms in total. The zero-order valence-corrected chi connectivity index (χ0v) is 14.0. The Balaban J connectivity index is 2.06. The number of hydrogen-bond donors (Lipinski definition) is 1. The van der Waals surface area contributed by atoms with E-state index in [0.29, 0.717) is 11.3 Å². The summed E-state index contributed by atoms with van der Waals surface area (Å²) in [5, 5.41) is 13.6. The van der Waals surface area contributed by atoms with Gasteiger partial charge in [-0.05, 0) is 31.7 Å². The molecule has 1 fully saturated rings. The number of thioether (sulfide) groups is 1. The van der Waals surface area contributed by atoms with Gasteiger partial charge in [-0.2, -0.15) is 0 Å². The van der Waals surface area contributed by atoms with Gasteiger partial charge in [0.2, 0.25) is 5.13 Å². The fourth-order valence-electron chi connectivity index (χ4n) is 2.86. The molecule has 0 spiro atoms. The van der Waals surface area contributed by atoms with Gasteiger partial charge in [0.1, 0.15) is 0 Å². The van der Waals surface area contributed by atoms with E-state index in [4.69, 9.17) is 0 Å². The Morgan fingerprint density at radius 3 is 2.58 bits per heavy atom. The lowest BCUT2D eigenvalue weighted by molar-refractivity contribution is 0.257. The number of anilines is 1. The maximum absolute atomic E-state index is 4.32. The van der Waals surface area contributed by atoms with Gasteiger partial charge in [0.05, 0.1) is 0 Å². The second kappa shape index (κ2) is 6.41. The second-order valence-corrected chi connectivity index (χ2v) is 8.16. The summed E-state index contributed by atoms with van der Waals surface area (Å²) in [6.45, 7) is 4.72. The summed E-state index contributed by atoms with van der Waals surface area (Å²) in [5.74, 6) is 1.54. The molecule has 0 bridgehead atoms. The first kappa shape index (κ1) is 15.1. The van der Waals surface area contributed by atoms with E-state index < -0.39 is 0 Å². The molecule has 0 aromatic carbocycles. The van der Waals surface area contributed by atoms with E-state index in [-0.39, 0.29) is 0 Å². The molecule has 6 heteroatoms. The van der Waals surface area contributed by atoms with Crippen LogP contribution < -0.4 is 10.2 Å². The predicted octanol–water partition coefficient (Wildman–Crippen LogP) is 2.72. The van der Waals surface area contributed by atoms with Gasteiger partial charge in [0, 0.05) is 25.4 Å². The molecule has 1 aromatic heterocycles. The van der Waals surface area contributed by atoms with Crippen LogP contribution in [0.1, 0.15) is 26.7 Å². The Morgan fingerprint density at radius 1 is 1.26 bits per heavy atom. The quantitative estimate of drug-likeness (QED) is 0.926. The molecule has 1 N–H and O–H groups in total. The van der Waals surface area contributed by atoms with Crippen molar-refractivity contribution in [2.45, 2.75) is 42.3 Å². The van der Waals surface area contributed by atoms with E-state index in [1.807, 2.05) is 30.8 Å². The zero-order chi connectivity index (χ0) is 14.0. The topological polar surface area (TPSA) is 41.1 Å². The zero-order valence-electron chi connectivity index (χ0n) is 12.4. The average molecular weight is 300 g/mol. The van der Waals surface area contributed by atoms with E-state index >= 15 is 0 Å². The highest BCUT2D eigenvalue weighted by Crippen LogP contribution is 2.41. The molecule has 0 radical (unpaired) electrons. The van der Waals surface area contributed by atoms with Gasteiger partial charge < -0.3 is 10.2 Å². The maximum atomic E-state index is 4.32. The standard InChI is InChI=1S/C13H24N4S2/c1-8-6-9(2)11(10(7-8)14-3)18-13-16-15-12(19-13)17(4)5/h8-11,14H,6-7H2,1-5H3. The molecule has 4 unspecified atom stereocenters. The number of hydrogen-bond acceptors (Lipinski definition) is 6. The smallest absolute Gasteiger partial charge is 0.208 e. The minimum absolute atomic E-state index is 0.579. The molecule has 4 atom stereocenters. The first-order valence-corrected chi connectivity index (χ1v) is 8.55. The molecule has 108 valence electrons. The lowest BCUT2D eigenvalue weighted by atomic mass is 9.80. The minimum Gasteiger partial charge on any atom is -0.353 e. The first-order chi connectivity index (χ1) is 9.01. The summed E-state index contributed by atoms with van der Waals surface area (Å²) >= 11 is 3.59. The normalized spacial score (nSPS) is 31.4. The monoisotopic (exact) mass is 300 g/mol. The van der Waals surface area contributed by atoms with Crippen molar-refractivity contribution in [1.82, 2.24) is 15.5 Å². The summed E-state index contributed by atoms with van der Waals surface area (Å²) in [7, 11) is 6.10. The molecule has 1 aliphatic rings. The largest absolute Gasteiger partial charge is 0.353 e. The van der Waals surface area contributed by atoms with Gasteiger partial charge >= 0.3 is 0 Å². The Bertz CT molecular complexity index is 407. The fraction of sp³-hybridized carbons (Fsp3) is 0.846. The lowest BCUT2D eigenvalue weighted by Gasteiger charge is -2.38. The molecule has 2 rings (SSSR count). The Labute approximate surface area is 124 Å². The van der Waals surface area contributed by atoms with Crippen LogP contribution in [0, 0.1) is 11.8 Å². The van der Waals surface area contributed by atoms with Crippen molar-refractivity contribution in [1.29, 1.82) is 0 Å². The van der Waals surface area contributed by atoms with Crippen molar-refractivity contribution >= 4 is 28.2 Å². The van der Waals surface area contributed by atoms with Crippen LogP contribution in [0.4, 0.5) is 5.13 Å². The number of nitrogens with zero attached hydrogens (tertiary/aromatic N) is 3. The van der Waals surface area contributed by atoms with Gasteiger partial charge in [-0.15, -0.1) is 10.2 Å². The molecule has 1 saturated carbocycles. The van der Waals surface area contributed by atoms with Gasteiger partial charge in [-0.3, -0.25) is 0 Å². The average Bonchev–Trinajstić information content (AvgIpc) is 2.81. The summed E-state index contributed by atoms with van der Waals surface area (Å²) in [6, 6.07) is 0.579. The van der Waals surface area contributed by atoms with Crippen molar-refractivity contribution < 1.29 is 0 Å². The van der Waals surface area contributed by atoms with E-state index in [9.17, 15) is 0 Å². The molecule has 1 aromatic rings. The van der Waals surface area contributed by atoms with Crippen molar-refractivity contribution in [3.63, 3.8) is 0 Å². The van der Waals surface area contributed by atoms with Crippen LogP contribution in [0.3, 0.4) is 0 Å². The van der Waals surface area contributed by atoms with Crippen LogP contribution in [-0.4, -0.2) is 42.6 Å². The van der Waals surface area contributed by atoms with Crippen LogP contribution in [0.15, 0.2) is 4.34 Å². The second-order valence-electron chi connectivity index (χ2n) is 5.78. The van der Waals surface area contributed by atoms with Crippen molar-refractivity contribution in [2.24, 2.45) is 11.8 Å². The van der Waals surface area contributed by atoms with Gasteiger partial charge in [0.25, 0.3) is 0 Å². The Morgan fingerprint density at radius 2 is 2.00 bits per heavy atom. The first-order valence-electron chi connectivity index (χ1n) is 6.86. The number of rotatable bonds is 4. The third kappa shape index (κ3) is 3.61. The predicted molar refractivity (Wildman–Crippen MR) is 84.3 cm³/mol. The number of nitrogens with one attached hydrogen (secondary N) is 1.